The Kier molecular flexibility index (Phi) is 5.11. The highest BCUT2D eigenvalue weighted by Gasteiger charge is 2.21. The Morgan fingerprint density at radius 3 is 2.36 bits per heavy atom. The van der Waals surface area contributed by atoms with Crippen LogP contribution in [0.15, 0.2) is 0 Å². The Morgan fingerprint density at radius 2 is 2.00 bits per heavy atom. The van der Waals surface area contributed by atoms with E-state index in [2.05, 4.69) is 20.7 Å². The average molecular weight is 223 g/mol. The molecule has 0 aliphatic rings. The normalized spacial score (nSPS) is 12.3. The summed E-state index contributed by atoms with van der Waals surface area (Å²) in [6.45, 7) is 3.73. The van der Waals surface area contributed by atoms with Gasteiger partial charge in [-0.2, -0.15) is 0 Å². The SMILES string of the molecule is CCOC(=O)C(=O)[C@@H](Br)CC. The van der Waals surface area contributed by atoms with Crippen molar-refractivity contribution in [3.8, 4) is 0 Å². The van der Waals surface area contributed by atoms with E-state index >= 15 is 0 Å². The zero-order valence-electron chi connectivity index (χ0n) is 6.59. The highest BCUT2D eigenvalue weighted by Crippen LogP contribution is 2.06. The molecule has 0 aliphatic heterocycles. The van der Waals surface area contributed by atoms with Gasteiger partial charge in [-0.05, 0) is 13.3 Å². The van der Waals surface area contributed by atoms with Gasteiger partial charge < -0.3 is 4.74 Å². The summed E-state index contributed by atoms with van der Waals surface area (Å²) in [5, 5.41) is 0. The minimum Gasteiger partial charge on any atom is -0.460 e. The molecule has 0 heterocycles. The Morgan fingerprint density at radius 1 is 1.45 bits per heavy atom. The molecule has 1 atom stereocenters. The standard InChI is InChI=1S/C7H11BrO3/c1-3-5(8)6(9)7(10)11-4-2/h5H,3-4H2,1-2H3/t5-/m0/s1. The molecular weight excluding hydrogens is 212 g/mol. The molecule has 0 saturated heterocycles. The van der Waals surface area contributed by atoms with Crippen LogP contribution in [0.4, 0.5) is 0 Å². The second-order valence-electron chi connectivity index (χ2n) is 1.96. The first-order chi connectivity index (χ1) is 5.13. The molecule has 0 fully saturated rings. The van der Waals surface area contributed by atoms with Crippen molar-refractivity contribution in [1.29, 1.82) is 0 Å². The van der Waals surface area contributed by atoms with Gasteiger partial charge in [0.2, 0.25) is 0 Å². The molecule has 0 saturated carbocycles. The predicted molar refractivity (Wildman–Crippen MR) is 44.6 cm³/mol. The van der Waals surface area contributed by atoms with Crippen LogP contribution in [-0.4, -0.2) is 23.2 Å². The number of carbonyl (C=O) groups excluding carboxylic acids is 2. The summed E-state index contributed by atoms with van der Waals surface area (Å²) >= 11 is 3.06. The number of hydrogen-bond acceptors (Lipinski definition) is 3. The lowest BCUT2D eigenvalue weighted by molar-refractivity contribution is -0.153. The lowest BCUT2D eigenvalue weighted by atomic mass is 10.2. The topological polar surface area (TPSA) is 43.4 Å². The third-order valence-electron chi connectivity index (χ3n) is 1.12. The van der Waals surface area contributed by atoms with Crippen LogP contribution in [0.3, 0.4) is 0 Å². The van der Waals surface area contributed by atoms with Crippen molar-refractivity contribution in [2.45, 2.75) is 25.1 Å². The molecule has 0 rings (SSSR count). The molecule has 0 aliphatic carbocycles. The Bertz CT molecular complexity index is 156. The first kappa shape index (κ1) is 10.6. The summed E-state index contributed by atoms with van der Waals surface area (Å²) in [5.41, 5.74) is 0. The number of halogens is 1. The summed E-state index contributed by atoms with van der Waals surface area (Å²) in [5.74, 6) is -1.26. The van der Waals surface area contributed by atoms with Gasteiger partial charge in [0.1, 0.15) is 0 Å². The minimum atomic E-state index is -0.753. The fraction of sp³-hybridized carbons (Fsp3) is 0.714. The lowest BCUT2D eigenvalue weighted by Gasteiger charge is -2.03. The maximum Gasteiger partial charge on any atom is 0.375 e. The molecule has 0 aromatic heterocycles. The van der Waals surface area contributed by atoms with Crippen LogP contribution in [-0.2, 0) is 14.3 Å². The van der Waals surface area contributed by atoms with E-state index in [-0.39, 0.29) is 6.61 Å². The van der Waals surface area contributed by atoms with E-state index in [9.17, 15) is 9.59 Å². The minimum absolute atomic E-state index is 0.244. The van der Waals surface area contributed by atoms with Crippen molar-refractivity contribution in [3.05, 3.63) is 0 Å². The number of ether oxygens (including phenoxy) is 1. The molecule has 64 valence electrons. The van der Waals surface area contributed by atoms with Crippen molar-refractivity contribution in [2.75, 3.05) is 6.61 Å². The van der Waals surface area contributed by atoms with E-state index in [1.165, 1.54) is 0 Å². The summed E-state index contributed by atoms with van der Waals surface area (Å²) in [6, 6.07) is 0. The Balaban J connectivity index is 3.92. The van der Waals surface area contributed by atoms with Crippen molar-refractivity contribution in [3.63, 3.8) is 0 Å². The number of carbonyl (C=O) groups is 2. The third kappa shape index (κ3) is 3.51. The van der Waals surface area contributed by atoms with Crippen LogP contribution in [0.25, 0.3) is 0 Å². The van der Waals surface area contributed by atoms with E-state index in [1.54, 1.807) is 6.92 Å². The van der Waals surface area contributed by atoms with Crippen LogP contribution in [0.2, 0.25) is 0 Å². The monoisotopic (exact) mass is 222 g/mol. The summed E-state index contributed by atoms with van der Waals surface area (Å²) in [4.78, 5) is 21.3. The smallest absolute Gasteiger partial charge is 0.375 e. The number of rotatable bonds is 4. The zero-order valence-corrected chi connectivity index (χ0v) is 8.18. The van der Waals surface area contributed by atoms with Crippen molar-refractivity contribution in [1.82, 2.24) is 0 Å². The second kappa shape index (κ2) is 5.29. The maximum atomic E-state index is 10.9. The molecule has 0 unspecified atom stereocenters. The Labute approximate surface area is 74.2 Å². The van der Waals surface area contributed by atoms with E-state index in [1.807, 2.05) is 6.92 Å². The number of ketones is 1. The van der Waals surface area contributed by atoms with Gasteiger partial charge in [-0.15, -0.1) is 0 Å². The van der Waals surface area contributed by atoms with E-state index in [0.29, 0.717) is 6.42 Å². The molecule has 0 spiro atoms. The van der Waals surface area contributed by atoms with Gasteiger partial charge in [0, 0.05) is 0 Å². The van der Waals surface area contributed by atoms with Crippen molar-refractivity contribution in [2.24, 2.45) is 0 Å². The second-order valence-corrected chi connectivity index (χ2v) is 3.07. The van der Waals surface area contributed by atoms with Crippen LogP contribution >= 0.6 is 15.9 Å². The van der Waals surface area contributed by atoms with Gasteiger partial charge in [0.05, 0.1) is 11.4 Å². The van der Waals surface area contributed by atoms with Crippen LogP contribution in [0.5, 0.6) is 0 Å². The fourth-order valence-electron chi connectivity index (χ4n) is 0.515. The lowest BCUT2D eigenvalue weighted by Crippen LogP contribution is -2.25. The molecule has 0 amide bonds. The number of esters is 1. The van der Waals surface area contributed by atoms with Crippen LogP contribution in [0, 0.1) is 0 Å². The first-order valence-electron chi connectivity index (χ1n) is 3.48. The molecule has 3 nitrogen and oxygen atoms in total. The fourth-order valence-corrected chi connectivity index (χ4v) is 0.702. The van der Waals surface area contributed by atoms with Crippen molar-refractivity contribution >= 4 is 27.7 Å². The molecule has 0 aromatic carbocycles. The maximum absolute atomic E-state index is 10.9. The summed E-state index contributed by atoms with van der Waals surface area (Å²) in [7, 11) is 0. The third-order valence-corrected chi connectivity index (χ3v) is 2.18. The van der Waals surface area contributed by atoms with Crippen LogP contribution in [0.1, 0.15) is 20.3 Å². The number of Topliss-reactive ketones (excluding diaryl/α,β-unsaturated/α-hetero) is 1. The van der Waals surface area contributed by atoms with Gasteiger partial charge in [0.15, 0.2) is 0 Å². The van der Waals surface area contributed by atoms with Gasteiger partial charge in [-0.25, -0.2) is 4.79 Å². The number of hydrogen-bond donors (Lipinski definition) is 0. The molecule has 0 N–H and O–H groups in total. The summed E-state index contributed by atoms with van der Waals surface area (Å²) in [6.07, 6.45) is 0.595. The summed E-state index contributed by atoms with van der Waals surface area (Å²) < 4.78 is 4.51. The van der Waals surface area contributed by atoms with Gasteiger partial charge >= 0.3 is 5.97 Å². The predicted octanol–water partition coefficient (Wildman–Crippen LogP) is 1.29. The first-order valence-corrected chi connectivity index (χ1v) is 4.40. The van der Waals surface area contributed by atoms with E-state index in [4.69, 9.17) is 0 Å². The molecule has 11 heavy (non-hydrogen) atoms. The highest BCUT2D eigenvalue weighted by molar-refractivity contribution is 9.10. The molecular formula is C7H11BrO3. The van der Waals surface area contributed by atoms with E-state index < -0.39 is 16.6 Å². The molecule has 4 heteroatoms. The Hall–Kier alpha value is -0.380. The molecule has 0 aromatic rings. The molecule has 0 bridgehead atoms. The zero-order chi connectivity index (χ0) is 8.85. The highest BCUT2D eigenvalue weighted by atomic mass is 79.9. The van der Waals surface area contributed by atoms with Crippen LogP contribution < -0.4 is 0 Å². The van der Waals surface area contributed by atoms with E-state index in [0.717, 1.165) is 0 Å². The molecule has 0 radical (unpaired) electrons. The van der Waals surface area contributed by atoms with Crippen molar-refractivity contribution < 1.29 is 14.3 Å². The van der Waals surface area contributed by atoms with Gasteiger partial charge in [-0.1, -0.05) is 22.9 Å². The largest absolute Gasteiger partial charge is 0.460 e. The average Bonchev–Trinajstić information content (AvgIpc) is 2.02. The van der Waals surface area contributed by atoms with Gasteiger partial charge in [-0.3, -0.25) is 4.79 Å². The van der Waals surface area contributed by atoms with Gasteiger partial charge in [0.25, 0.3) is 5.78 Å². The quantitative estimate of drug-likeness (QED) is 0.409. The number of alkyl halides is 1.